The molecular weight excluding hydrogens is 260 g/mol. The molecule has 0 atom stereocenters. The standard InChI is InChI=1S/C14H20N2S2/c1-4-14(2,3)15-9-10-17-13-16-11-7-5-6-8-12(11)18-13/h5-8,15H,4,9-10H2,1-3H3. The number of hydrogen-bond acceptors (Lipinski definition) is 4. The molecule has 0 fully saturated rings. The molecule has 2 nitrogen and oxygen atoms in total. The molecule has 0 aliphatic carbocycles. The summed E-state index contributed by atoms with van der Waals surface area (Å²) in [7, 11) is 0. The van der Waals surface area contributed by atoms with Gasteiger partial charge in [-0.2, -0.15) is 0 Å². The summed E-state index contributed by atoms with van der Waals surface area (Å²) in [6, 6.07) is 8.33. The van der Waals surface area contributed by atoms with Crippen LogP contribution >= 0.6 is 23.1 Å². The normalized spacial score (nSPS) is 12.2. The van der Waals surface area contributed by atoms with Crippen LogP contribution in [0.25, 0.3) is 10.2 Å². The van der Waals surface area contributed by atoms with Gasteiger partial charge in [0.2, 0.25) is 0 Å². The number of nitrogens with zero attached hydrogens (tertiary/aromatic N) is 1. The topological polar surface area (TPSA) is 24.9 Å². The zero-order valence-corrected chi connectivity index (χ0v) is 12.8. The van der Waals surface area contributed by atoms with E-state index in [-0.39, 0.29) is 5.54 Å². The molecule has 0 radical (unpaired) electrons. The Kier molecular flexibility index (Phi) is 4.65. The number of thioether (sulfide) groups is 1. The van der Waals surface area contributed by atoms with Gasteiger partial charge >= 0.3 is 0 Å². The summed E-state index contributed by atoms with van der Waals surface area (Å²) in [5.41, 5.74) is 1.36. The fourth-order valence-electron chi connectivity index (χ4n) is 1.57. The van der Waals surface area contributed by atoms with Crippen LogP contribution in [0.1, 0.15) is 27.2 Å². The molecule has 2 rings (SSSR count). The summed E-state index contributed by atoms with van der Waals surface area (Å²) in [6.45, 7) is 7.74. The monoisotopic (exact) mass is 280 g/mol. The number of hydrogen-bond donors (Lipinski definition) is 1. The van der Waals surface area contributed by atoms with Crippen LogP contribution in [-0.2, 0) is 0 Å². The molecule has 0 unspecified atom stereocenters. The second kappa shape index (κ2) is 6.04. The fourth-order valence-corrected chi connectivity index (χ4v) is 3.56. The predicted molar refractivity (Wildman–Crippen MR) is 82.7 cm³/mol. The minimum Gasteiger partial charge on any atom is -0.311 e. The smallest absolute Gasteiger partial charge is 0.151 e. The number of benzene rings is 1. The van der Waals surface area contributed by atoms with E-state index in [0.29, 0.717) is 0 Å². The molecule has 4 heteroatoms. The summed E-state index contributed by atoms with van der Waals surface area (Å²) >= 11 is 3.63. The van der Waals surface area contributed by atoms with Gasteiger partial charge in [0.1, 0.15) is 0 Å². The van der Waals surface area contributed by atoms with Crippen molar-refractivity contribution in [3.8, 4) is 0 Å². The van der Waals surface area contributed by atoms with Crippen LogP contribution in [0.2, 0.25) is 0 Å². The summed E-state index contributed by atoms with van der Waals surface area (Å²) in [6.07, 6.45) is 1.15. The van der Waals surface area contributed by atoms with Crippen LogP contribution in [0.4, 0.5) is 0 Å². The molecule has 0 aliphatic heterocycles. The van der Waals surface area contributed by atoms with Gasteiger partial charge < -0.3 is 5.32 Å². The molecule has 0 aliphatic rings. The zero-order valence-electron chi connectivity index (χ0n) is 11.2. The van der Waals surface area contributed by atoms with Crippen molar-refractivity contribution in [2.45, 2.75) is 37.1 Å². The van der Waals surface area contributed by atoms with E-state index in [2.05, 4.69) is 49.3 Å². The van der Waals surface area contributed by atoms with Crippen molar-refractivity contribution in [2.24, 2.45) is 0 Å². The van der Waals surface area contributed by atoms with Crippen LogP contribution in [0.15, 0.2) is 28.6 Å². The minimum atomic E-state index is 0.244. The lowest BCUT2D eigenvalue weighted by molar-refractivity contribution is 0.388. The van der Waals surface area contributed by atoms with Crippen LogP contribution in [0.3, 0.4) is 0 Å². The second-order valence-electron chi connectivity index (χ2n) is 4.96. The Bertz CT molecular complexity index is 472. The van der Waals surface area contributed by atoms with E-state index in [1.807, 2.05) is 17.8 Å². The number of rotatable bonds is 6. The Balaban J connectivity index is 1.83. The lowest BCUT2D eigenvalue weighted by atomic mass is 10.0. The maximum Gasteiger partial charge on any atom is 0.151 e. The first-order chi connectivity index (χ1) is 8.61. The highest BCUT2D eigenvalue weighted by Crippen LogP contribution is 2.28. The summed E-state index contributed by atoms with van der Waals surface area (Å²) in [4.78, 5) is 4.62. The lowest BCUT2D eigenvalue weighted by Crippen LogP contribution is -2.39. The summed E-state index contributed by atoms with van der Waals surface area (Å²) in [5, 5.41) is 3.57. The van der Waals surface area contributed by atoms with Crippen molar-refractivity contribution in [3.63, 3.8) is 0 Å². The molecule has 1 N–H and O–H groups in total. The third-order valence-corrected chi connectivity index (χ3v) is 5.27. The average Bonchev–Trinajstić information content (AvgIpc) is 2.77. The number of para-hydroxylation sites is 1. The van der Waals surface area contributed by atoms with Gasteiger partial charge in [0.15, 0.2) is 4.34 Å². The molecule has 1 aromatic carbocycles. The maximum absolute atomic E-state index is 4.62. The highest BCUT2D eigenvalue weighted by Gasteiger charge is 2.13. The first kappa shape index (κ1) is 13.8. The van der Waals surface area contributed by atoms with E-state index in [1.165, 1.54) is 9.04 Å². The molecule has 1 aromatic heterocycles. The quantitative estimate of drug-likeness (QED) is 0.635. The van der Waals surface area contributed by atoms with E-state index in [4.69, 9.17) is 0 Å². The molecule has 0 saturated heterocycles. The van der Waals surface area contributed by atoms with E-state index in [0.717, 1.165) is 24.2 Å². The van der Waals surface area contributed by atoms with Crippen molar-refractivity contribution in [1.29, 1.82) is 0 Å². The molecule has 0 amide bonds. The van der Waals surface area contributed by atoms with Crippen LogP contribution in [0, 0.1) is 0 Å². The predicted octanol–water partition coefficient (Wildman–Crippen LogP) is 4.17. The Labute approximate surface area is 117 Å². The van der Waals surface area contributed by atoms with Crippen molar-refractivity contribution in [1.82, 2.24) is 10.3 Å². The summed E-state index contributed by atoms with van der Waals surface area (Å²) in [5.74, 6) is 1.07. The van der Waals surface area contributed by atoms with Crippen LogP contribution in [0.5, 0.6) is 0 Å². The van der Waals surface area contributed by atoms with Crippen molar-refractivity contribution < 1.29 is 0 Å². The Morgan fingerprint density at radius 2 is 2.11 bits per heavy atom. The van der Waals surface area contributed by atoms with Gasteiger partial charge in [-0.15, -0.1) is 11.3 Å². The van der Waals surface area contributed by atoms with Crippen molar-refractivity contribution in [3.05, 3.63) is 24.3 Å². The van der Waals surface area contributed by atoms with E-state index >= 15 is 0 Å². The average molecular weight is 280 g/mol. The largest absolute Gasteiger partial charge is 0.311 e. The molecule has 1 heterocycles. The Morgan fingerprint density at radius 1 is 1.33 bits per heavy atom. The van der Waals surface area contributed by atoms with Gasteiger partial charge in [-0.05, 0) is 32.4 Å². The Hall–Kier alpha value is -0.580. The third-order valence-electron chi connectivity index (χ3n) is 3.09. The number of aromatic nitrogens is 1. The van der Waals surface area contributed by atoms with E-state index < -0.39 is 0 Å². The molecular formula is C14H20N2S2. The Morgan fingerprint density at radius 3 is 2.83 bits per heavy atom. The maximum atomic E-state index is 4.62. The molecule has 2 aromatic rings. The van der Waals surface area contributed by atoms with Crippen LogP contribution in [-0.4, -0.2) is 22.8 Å². The highest BCUT2D eigenvalue weighted by atomic mass is 32.2. The highest BCUT2D eigenvalue weighted by molar-refractivity contribution is 8.01. The van der Waals surface area contributed by atoms with E-state index in [9.17, 15) is 0 Å². The number of fused-ring (bicyclic) bond motifs is 1. The van der Waals surface area contributed by atoms with Crippen molar-refractivity contribution in [2.75, 3.05) is 12.3 Å². The lowest BCUT2D eigenvalue weighted by Gasteiger charge is -2.24. The molecule has 0 spiro atoms. The molecule has 0 saturated carbocycles. The van der Waals surface area contributed by atoms with Gasteiger partial charge in [0.25, 0.3) is 0 Å². The van der Waals surface area contributed by atoms with Crippen LogP contribution < -0.4 is 5.32 Å². The minimum absolute atomic E-state index is 0.244. The number of thiazole rings is 1. The SMILES string of the molecule is CCC(C)(C)NCCSc1nc2ccccc2s1. The first-order valence-electron chi connectivity index (χ1n) is 6.34. The fraction of sp³-hybridized carbons (Fsp3) is 0.500. The van der Waals surface area contributed by atoms with Crippen molar-refractivity contribution >= 4 is 33.3 Å². The second-order valence-corrected chi connectivity index (χ2v) is 7.33. The molecule has 0 bridgehead atoms. The number of nitrogens with one attached hydrogen (secondary N) is 1. The summed E-state index contributed by atoms with van der Waals surface area (Å²) < 4.78 is 2.45. The van der Waals surface area contributed by atoms with Gasteiger partial charge in [-0.1, -0.05) is 30.8 Å². The zero-order chi connectivity index (χ0) is 13.0. The third kappa shape index (κ3) is 3.70. The van der Waals surface area contributed by atoms with Gasteiger partial charge in [0, 0.05) is 17.8 Å². The van der Waals surface area contributed by atoms with Gasteiger partial charge in [-0.3, -0.25) is 0 Å². The van der Waals surface area contributed by atoms with Gasteiger partial charge in [0.05, 0.1) is 10.2 Å². The molecule has 98 valence electrons. The molecule has 18 heavy (non-hydrogen) atoms. The first-order valence-corrected chi connectivity index (χ1v) is 8.14. The van der Waals surface area contributed by atoms with E-state index in [1.54, 1.807) is 11.3 Å². The van der Waals surface area contributed by atoms with Gasteiger partial charge in [-0.25, -0.2) is 4.98 Å².